The average molecular weight is 413 g/mol. The number of benzene rings is 1. The Hall–Kier alpha value is -2.50. The molecule has 30 heavy (non-hydrogen) atoms. The third kappa shape index (κ3) is 3.80. The second-order valence-electron chi connectivity index (χ2n) is 8.95. The number of hydrogen-bond acceptors (Lipinski definition) is 5. The molecule has 1 saturated carbocycles. The zero-order valence-corrected chi connectivity index (χ0v) is 18.6. The van der Waals surface area contributed by atoms with E-state index in [1.54, 1.807) is 0 Å². The molecule has 1 aliphatic carbocycles. The Bertz CT molecular complexity index is 902. The molecule has 0 N–H and O–H groups in total. The minimum Gasteiger partial charge on any atom is -0.454 e. The third-order valence-electron chi connectivity index (χ3n) is 7.03. The molecule has 6 nitrogen and oxygen atoms in total. The Morgan fingerprint density at radius 3 is 2.70 bits per heavy atom. The van der Waals surface area contributed by atoms with Crippen LogP contribution in [-0.4, -0.2) is 28.8 Å². The van der Waals surface area contributed by atoms with Gasteiger partial charge in [-0.1, -0.05) is 37.9 Å². The van der Waals surface area contributed by atoms with Crippen LogP contribution in [0.25, 0.3) is 0 Å². The molecular formula is C24H32N2O4. The number of fused-ring (bicyclic) bond motifs is 1. The Kier molecular flexibility index (Phi) is 5.76. The first-order valence-electron chi connectivity index (χ1n) is 11.0. The van der Waals surface area contributed by atoms with Gasteiger partial charge in [-0.05, 0) is 56.7 Å². The van der Waals surface area contributed by atoms with Gasteiger partial charge in [0.1, 0.15) is 5.76 Å². The number of hydrogen-bond donors (Lipinski definition) is 0. The van der Waals surface area contributed by atoms with Crippen LogP contribution in [0.1, 0.15) is 68.5 Å². The minimum absolute atomic E-state index is 0.132. The number of amides is 1. The molecule has 1 aromatic heterocycles. The van der Waals surface area contributed by atoms with Crippen molar-refractivity contribution in [1.29, 1.82) is 0 Å². The molecule has 1 aromatic carbocycles. The van der Waals surface area contributed by atoms with Crippen LogP contribution >= 0.6 is 0 Å². The third-order valence-corrected chi connectivity index (χ3v) is 7.03. The number of carbonyl (C=O) groups is 1. The van der Waals surface area contributed by atoms with Crippen molar-refractivity contribution >= 4 is 5.91 Å². The smallest absolute Gasteiger partial charge is 0.231 e. The van der Waals surface area contributed by atoms with Gasteiger partial charge < -0.3 is 18.9 Å². The van der Waals surface area contributed by atoms with E-state index >= 15 is 0 Å². The van der Waals surface area contributed by atoms with Gasteiger partial charge in [-0.15, -0.1) is 0 Å². The lowest BCUT2D eigenvalue weighted by molar-refractivity contribution is -0.138. The fourth-order valence-electron chi connectivity index (χ4n) is 5.07. The van der Waals surface area contributed by atoms with E-state index in [9.17, 15) is 4.79 Å². The molecule has 6 heteroatoms. The molecule has 2 aliphatic rings. The molecule has 4 atom stereocenters. The first-order valence-corrected chi connectivity index (χ1v) is 11.0. The van der Waals surface area contributed by atoms with Gasteiger partial charge in [0.15, 0.2) is 11.5 Å². The fourth-order valence-corrected chi connectivity index (χ4v) is 5.07. The maximum absolute atomic E-state index is 13.8. The molecule has 0 saturated heterocycles. The Balaban J connectivity index is 1.65. The Morgan fingerprint density at radius 1 is 1.20 bits per heavy atom. The summed E-state index contributed by atoms with van der Waals surface area (Å²) in [7, 11) is 0. The molecular weight excluding hydrogens is 380 g/mol. The predicted octanol–water partition coefficient (Wildman–Crippen LogP) is 4.98. The maximum atomic E-state index is 13.8. The van der Waals surface area contributed by atoms with E-state index in [1.807, 2.05) is 39.0 Å². The van der Waals surface area contributed by atoms with Crippen LogP contribution in [0.3, 0.4) is 0 Å². The van der Waals surface area contributed by atoms with Crippen molar-refractivity contribution in [1.82, 2.24) is 10.1 Å². The first kappa shape index (κ1) is 20.8. The summed E-state index contributed by atoms with van der Waals surface area (Å²) in [6.45, 7) is 11.2. The van der Waals surface area contributed by atoms with Gasteiger partial charge in [-0.25, -0.2) is 0 Å². The molecule has 0 bridgehead atoms. The van der Waals surface area contributed by atoms with E-state index < -0.39 is 0 Å². The molecule has 1 fully saturated rings. The van der Waals surface area contributed by atoms with E-state index in [0.717, 1.165) is 46.9 Å². The molecule has 4 unspecified atom stereocenters. The molecule has 1 amide bonds. The van der Waals surface area contributed by atoms with Crippen LogP contribution in [0.4, 0.5) is 0 Å². The summed E-state index contributed by atoms with van der Waals surface area (Å²) in [6, 6.07) is 6.19. The van der Waals surface area contributed by atoms with E-state index in [1.165, 1.54) is 6.42 Å². The van der Waals surface area contributed by atoms with Gasteiger partial charge in [0.05, 0.1) is 11.6 Å². The normalized spacial score (nSPS) is 24.0. The zero-order valence-electron chi connectivity index (χ0n) is 18.6. The van der Waals surface area contributed by atoms with E-state index in [2.05, 4.69) is 23.9 Å². The molecule has 162 valence electrons. The van der Waals surface area contributed by atoms with Gasteiger partial charge >= 0.3 is 0 Å². The molecule has 2 aromatic rings. The van der Waals surface area contributed by atoms with Gasteiger partial charge in [0, 0.05) is 18.2 Å². The van der Waals surface area contributed by atoms with Crippen LogP contribution < -0.4 is 9.47 Å². The summed E-state index contributed by atoms with van der Waals surface area (Å²) >= 11 is 0. The highest BCUT2D eigenvalue weighted by molar-refractivity contribution is 5.84. The van der Waals surface area contributed by atoms with Crippen molar-refractivity contribution in [2.24, 2.45) is 11.8 Å². The first-order chi connectivity index (χ1) is 14.4. The molecule has 4 rings (SSSR count). The quantitative estimate of drug-likeness (QED) is 0.693. The van der Waals surface area contributed by atoms with E-state index in [0.29, 0.717) is 18.4 Å². The van der Waals surface area contributed by atoms with Crippen LogP contribution in [0.2, 0.25) is 0 Å². The van der Waals surface area contributed by atoms with Crippen LogP contribution in [0.15, 0.2) is 22.7 Å². The van der Waals surface area contributed by atoms with Crippen molar-refractivity contribution in [3.8, 4) is 11.5 Å². The van der Waals surface area contributed by atoms with E-state index in [-0.39, 0.29) is 24.7 Å². The minimum atomic E-state index is -0.297. The van der Waals surface area contributed by atoms with Gasteiger partial charge in [-0.3, -0.25) is 4.79 Å². The summed E-state index contributed by atoms with van der Waals surface area (Å²) < 4.78 is 16.4. The topological polar surface area (TPSA) is 64.8 Å². The highest BCUT2D eigenvalue weighted by Gasteiger charge is 2.37. The zero-order chi connectivity index (χ0) is 21.4. The summed E-state index contributed by atoms with van der Waals surface area (Å²) in [5.74, 6) is 3.13. The summed E-state index contributed by atoms with van der Waals surface area (Å²) in [6.07, 6.45) is 3.42. The number of ether oxygens (including phenoxy) is 2. The Labute approximate surface area is 178 Å². The lowest BCUT2D eigenvalue weighted by Crippen LogP contribution is -2.48. The number of rotatable bonds is 5. The van der Waals surface area contributed by atoms with Crippen molar-refractivity contribution < 1.29 is 18.8 Å². The summed E-state index contributed by atoms with van der Waals surface area (Å²) in [5.41, 5.74) is 2.76. The highest BCUT2D eigenvalue weighted by atomic mass is 16.7. The molecule has 2 heterocycles. The second kappa shape index (κ2) is 8.32. The van der Waals surface area contributed by atoms with Crippen LogP contribution in [0, 0.1) is 25.7 Å². The van der Waals surface area contributed by atoms with E-state index in [4.69, 9.17) is 14.0 Å². The fraction of sp³-hybridized carbons (Fsp3) is 0.583. The SMILES string of the molecule is Cc1noc(C)c1C(C)C(=O)N(Cc1ccc2c(c1)OCO2)C1CCCC(C)C1C. The molecule has 0 radical (unpaired) electrons. The lowest BCUT2D eigenvalue weighted by Gasteiger charge is -2.42. The van der Waals surface area contributed by atoms with Crippen molar-refractivity contribution in [2.75, 3.05) is 6.79 Å². The predicted molar refractivity (Wildman–Crippen MR) is 113 cm³/mol. The van der Waals surface area contributed by atoms with Crippen molar-refractivity contribution in [3.05, 3.63) is 40.8 Å². The largest absolute Gasteiger partial charge is 0.454 e. The summed E-state index contributed by atoms with van der Waals surface area (Å²) in [5, 5.41) is 4.07. The van der Waals surface area contributed by atoms with Crippen molar-refractivity contribution in [3.63, 3.8) is 0 Å². The number of aryl methyl sites for hydroxylation is 2. The van der Waals surface area contributed by atoms with Gasteiger partial charge in [-0.2, -0.15) is 0 Å². The van der Waals surface area contributed by atoms with Gasteiger partial charge in [0.2, 0.25) is 12.7 Å². The number of carbonyl (C=O) groups excluding carboxylic acids is 1. The summed E-state index contributed by atoms with van der Waals surface area (Å²) in [4.78, 5) is 15.9. The standard InChI is InChI=1S/C24H32N2O4/c1-14-7-6-8-20(15(14)2)26(12-19-9-10-21-22(11-19)29-13-28-21)24(27)16(3)23-17(4)25-30-18(23)5/h9-11,14-16,20H,6-8,12-13H2,1-5H3. The highest BCUT2D eigenvalue weighted by Crippen LogP contribution is 2.37. The van der Waals surface area contributed by atoms with Crippen LogP contribution in [-0.2, 0) is 11.3 Å². The maximum Gasteiger partial charge on any atom is 0.231 e. The molecule has 0 spiro atoms. The monoisotopic (exact) mass is 412 g/mol. The van der Waals surface area contributed by atoms with Crippen molar-refractivity contribution in [2.45, 2.75) is 72.4 Å². The Morgan fingerprint density at radius 2 is 1.97 bits per heavy atom. The lowest BCUT2D eigenvalue weighted by atomic mass is 9.76. The number of nitrogens with zero attached hydrogens (tertiary/aromatic N) is 2. The average Bonchev–Trinajstić information content (AvgIpc) is 3.33. The number of aromatic nitrogens is 1. The second-order valence-corrected chi connectivity index (χ2v) is 8.95. The molecule has 1 aliphatic heterocycles. The van der Waals surface area contributed by atoms with Gasteiger partial charge in [0.25, 0.3) is 0 Å². The van der Waals surface area contributed by atoms with Crippen LogP contribution in [0.5, 0.6) is 11.5 Å².